The molecule has 0 bridgehead atoms. The molecule has 0 saturated heterocycles. The minimum absolute atomic E-state index is 0.176. The lowest BCUT2D eigenvalue weighted by molar-refractivity contribution is -0.132. The third kappa shape index (κ3) is 4.74. The second-order valence-electron chi connectivity index (χ2n) is 7.00. The molecule has 1 rings (SSSR count). The highest BCUT2D eigenvalue weighted by Gasteiger charge is 2.38. The Morgan fingerprint density at radius 2 is 1.85 bits per heavy atom. The van der Waals surface area contributed by atoms with E-state index in [0.29, 0.717) is 18.5 Å². The fourth-order valence-electron chi connectivity index (χ4n) is 3.17. The smallest absolute Gasteiger partial charge is 0.227 e. The molecule has 0 aliphatic heterocycles. The second kappa shape index (κ2) is 7.99. The molecule has 1 unspecified atom stereocenters. The van der Waals surface area contributed by atoms with Crippen molar-refractivity contribution < 1.29 is 4.79 Å². The third-order valence-corrected chi connectivity index (χ3v) is 4.66. The Bertz CT molecular complexity index is 296. The van der Waals surface area contributed by atoms with Crippen molar-refractivity contribution in [2.45, 2.75) is 58.4 Å². The highest BCUT2D eigenvalue weighted by Crippen LogP contribution is 2.35. The van der Waals surface area contributed by atoms with Crippen molar-refractivity contribution in [1.29, 1.82) is 0 Å². The molecule has 0 aromatic rings. The van der Waals surface area contributed by atoms with Gasteiger partial charge in [-0.1, -0.05) is 33.1 Å². The molecule has 0 aromatic carbocycles. The number of amides is 1. The molecule has 1 fully saturated rings. The molecule has 20 heavy (non-hydrogen) atoms. The van der Waals surface area contributed by atoms with Crippen molar-refractivity contribution in [3.8, 4) is 0 Å². The Morgan fingerprint density at radius 1 is 1.25 bits per heavy atom. The van der Waals surface area contributed by atoms with E-state index in [1.54, 1.807) is 0 Å². The van der Waals surface area contributed by atoms with E-state index in [2.05, 4.69) is 38.2 Å². The number of hydrogen-bond acceptors (Lipinski definition) is 3. The largest absolute Gasteiger partial charge is 0.354 e. The monoisotopic (exact) mass is 283 g/mol. The summed E-state index contributed by atoms with van der Waals surface area (Å²) in [5, 5.41) is 3.17. The summed E-state index contributed by atoms with van der Waals surface area (Å²) in [6.45, 7) is 5.66. The summed E-state index contributed by atoms with van der Waals surface area (Å²) in [7, 11) is 4.16. The van der Waals surface area contributed by atoms with Crippen molar-refractivity contribution in [3.05, 3.63) is 0 Å². The Kier molecular flexibility index (Phi) is 6.96. The van der Waals surface area contributed by atoms with Gasteiger partial charge in [0.1, 0.15) is 0 Å². The standard InChI is InChI=1S/C16H33N3O/c1-13(2)10-14(19(3)4)11-18-15(20)16(12-17)8-6-5-7-9-16/h13-14H,5-12,17H2,1-4H3,(H,18,20). The number of nitrogens with two attached hydrogens (primary N) is 1. The number of carbonyl (C=O) groups excluding carboxylic acids is 1. The molecule has 3 N–H and O–H groups in total. The van der Waals surface area contributed by atoms with Crippen LogP contribution in [0.4, 0.5) is 0 Å². The van der Waals surface area contributed by atoms with Gasteiger partial charge in [-0.15, -0.1) is 0 Å². The molecule has 4 heteroatoms. The van der Waals surface area contributed by atoms with Gasteiger partial charge in [-0.05, 0) is 39.3 Å². The summed E-state index contributed by atoms with van der Waals surface area (Å²) < 4.78 is 0. The quantitative estimate of drug-likeness (QED) is 0.751. The van der Waals surface area contributed by atoms with Gasteiger partial charge in [0.15, 0.2) is 0 Å². The summed E-state index contributed by atoms with van der Waals surface area (Å²) in [6.07, 6.45) is 6.51. The van der Waals surface area contributed by atoms with Gasteiger partial charge >= 0.3 is 0 Å². The van der Waals surface area contributed by atoms with E-state index in [9.17, 15) is 4.79 Å². The zero-order valence-corrected chi connectivity index (χ0v) is 13.7. The van der Waals surface area contributed by atoms with Crippen LogP contribution >= 0.6 is 0 Å². The summed E-state index contributed by atoms with van der Waals surface area (Å²) in [6, 6.07) is 0.400. The Balaban J connectivity index is 2.55. The van der Waals surface area contributed by atoms with E-state index in [1.807, 2.05) is 0 Å². The predicted octanol–water partition coefficient (Wildman–Crippen LogP) is 1.99. The number of nitrogens with one attached hydrogen (secondary N) is 1. The number of carbonyl (C=O) groups is 1. The Morgan fingerprint density at radius 3 is 2.30 bits per heavy atom. The fourth-order valence-corrected chi connectivity index (χ4v) is 3.17. The van der Waals surface area contributed by atoms with Crippen LogP contribution in [0.15, 0.2) is 0 Å². The Labute approximate surface area is 124 Å². The van der Waals surface area contributed by atoms with Crippen LogP contribution in [0.5, 0.6) is 0 Å². The van der Waals surface area contributed by atoms with Crippen LogP contribution in [0.1, 0.15) is 52.4 Å². The molecular weight excluding hydrogens is 250 g/mol. The normalized spacial score (nSPS) is 20.1. The van der Waals surface area contributed by atoms with Gasteiger partial charge in [-0.25, -0.2) is 0 Å². The van der Waals surface area contributed by atoms with Crippen LogP contribution < -0.4 is 11.1 Å². The van der Waals surface area contributed by atoms with Gasteiger partial charge in [0.05, 0.1) is 5.41 Å². The molecular formula is C16H33N3O. The molecule has 0 aromatic heterocycles. The molecule has 1 amide bonds. The average molecular weight is 283 g/mol. The first-order valence-electron chi connectivity index (χ1n) is 8.06. The summed E-state index contributed by atoms with van der Waals surface area (Å²) in [5.41, 5.74) is 5.62. The molecule has 0 radical (unpaired) electrons. The van der Waals surface area contributed by atoms with E-state index in [1.165, 1.54) is 6.42 Å². The highest BCUT2D eigenvalue weighted by atomic mass is 16.2. The predicted molar refractivity (Wildman–Crippen MR) is 84.5 cm³/mol. The van der Waals surface area contributed by atoms with Gasteiger partial charge in [-0.3, -0.25) is 4.79 Å². The van der Waals surface area contributed by atoms with Gasteiger partial charge in [0.2, 0.25) is 5.91 Å². The lowest BCUT2D eigenvalue weighted by atomic mass is 9.73. The zero-order valence-electron chi connectivity index (χ0n) is 13.7. The molecule has 1 saturated carbocycles. The van der Waals surface area contributed by atoms with E-state index < -0.39 is 0 Å². The number of nitrogens with zero attached hydrogens (tertiary/aromatic N) is 1. The van der Waals surface area contributed by atoms with Crippen molar-refractivity contribution in [1.82, 2.24) is 10.2 Å². The first-order chi connectivity index (χ1) is 9.41. The maximum absolute atomic E-state index is 12.6. The van der Waals surface area contributed by atoms with Crippen LogP contribution in [0.3, 0.4) is 0 Å². The summed E-state index contributed by atoms with van der Waals surface area (Å²) in [4.78, 5) is 14.8. The summed E-state index contributed by atoms with van der Waals surface area (Å²) in [5.74, 6) is 0.813. The number of likely N-dealkylation sites (N-methyl/N-ethyl adjacent to an activating group) is 1. The fraction of sp³-hybridized carbons (Fsp3) is 0.938. The summed E-state index contributed by atoms with van der Waals surface area (Å²) >= 11 is 0. The Hall–Kier alpha value is -0.610. The van der Waals surface area contributed by atoms with Crippen LogP contribution in [0.2, 0.25) is 0 Å². The topological polar surface area (TPSA) is 58.4 Å². The number of rotatable bonds is 7. The second-order valence-corrected chi connectivity index (χ2v) is 7.00. The van der Waals surface area contributed by atoms with Crippen LogP contribution in [0, 0.1) is 11.3 Å². The van der Waals surface area contributed by atoms with Gasteiger partial charge in [0, 0.05) is 19.1 Å². The molecule has 1 atom stereocenters. The van der Waals surface area contributed by atoms with Gasteiger partial charge in [-0.2, -0.15) is 0 Å². The zero-order chi connectivity index (χ0) is 15.2. The van der Waals surface area contributed by atoms with Gasteiger partial charge in [0.25, 0.3) is 0 Å². The molecule has 1 aliphatic rings. The van der Waals surface area contributed by atoms with Crippen molar-refractivity contribution in [2.75, 3.05) is 27.2 Å². The third-order valence-electron chi connectivity index (χ3n) is 4.66. The van der Waals surface area contributed by atoms with E-state index in [-0.39, 0.29) is 11.3 Å². The van der Waals surface area contributed by atoms with Crippen LogP contribution in [-0.2, 0) is 4.79 Å². The molecule has 4 nitrogen and oxygen atoms in total. The lowest BCUT2D eigenvalue weighted by Crippen LogP contribution is -2.50. The number of hydrogen-bond donors (Lipinski definition) is 2. The molecule has 118 valence electrons. The van der Waals surface area contributed by atoms with E-state index >= 15 is 0 Å². The molecule has 1 aliphatic carbocycles. The molecule has 0 heterocycles. The van der Waals surface area contributed by atoms with Crippen molar-refractivity contribution >= 4 is 5.91 Å². The van der Waals surface area contributed by atoms with Crippen LogP contribution in [0.25, 0.3) is 0 Å². The minimum Gasteiger partial charge on any atom is -0.354 e. The lowest BCUT2D eigenvalue weighted by Gasteiger charge is -2.35. The highest BCUT2D eigenvalue weighted by molar-refractivity contribution is 5.83. The minimum atomic E-state index is -0.299. The molecule has 0 spiro atoms. The first kappa shape index (κ1) is 17.4. The van der Waals surface area contributed by atoms with Crippen LogP contribution in [-0.4, -0.2) is 44.0 Å². The maximum Gasteiger partial charge on any atom is 0.227 e. The van der Waals surface area contributed by atoms with Crippen molar-refractivity contribution in [2.24, 2.45) is 17.1 Å². The maximum atomic E-state index is 12.6. The van der Waals surface area contributed by atoms with Gasteiger partial charge < -0.3 is 16.0 Å². The first-order valence-corrected chi connectivity index (χ1v) is 8.06. The van der Waals surface area contributed by atoms with E-state index in [0.717, 1.165) is 38.6 Å². The average Bonchev–Trinajstić information content (AvgIpc) is 2.43. The SMILES string of the molecule is CC(C)CC(CNC(=O)C1(CN)CCCCC1)N(C)C. The van der Waals surface area contributed by atoms with Crippen molar-refractivity contribution in [3.63, 3.8) is 0 Å². The van der Waals surface area contributed by atoms with E-state index in [4.69, 9.17) is 5.73 Å².